The summed E-state index contributed by atoms with van der Waals surface area (Å²) in [5.74, 6) is -0.596. The highest BCUT2D eigenvalue weighted by atomic mass is 19.1. The third-order valence-corrected chi connectivity index (χ3v) is 3.34. The van der Waals surface area contributed by atoms with Crippen LogP contribution in [0, 0.1) is 5.82 Å². The highest BCUT2D eigenvalue weighted by molar-refractivity contribution is 6.00. The summed E-state index contributed by atoms with van der Waals surface area (Å²) in [4.78, 5) is 12.4. The largest absolute Gasteiger partial charge is 0.365 e. The number of carbonyl (C=O) groups excluding carboxylic acids is 1. The lowest BCUT2D eigenvalue weighted by Gasteiger charge is -2.25. The van der Waals surface area contributed by atoms with Crippen molar-refractivity contribution in [2.75, 3.05) is 6.61 Å². The summed E-state index contributed by atoms with van der Waals surface area (Å²) in [6.45, 7) is 0.517. The average molecular weight is 256 g/mol. The number of benzene rings is 2. The van der Waals surface area contributed by atoms with E-state index in [9.17, 15) is 9.18 Å². The molecule has 2 aromatic carbocycles. The highest BCUT2D eigenvalue weighted by Crippen LogP contribution is 2.29. The maximum atomic E-state index is 13.2. The number of rotatable bonds is 2. The molecule has 2 aromatic rings. The van der Waals surface area contributed by atoms with Gasteiger partial charge in [-0.2, -0.15) is 0 Å². The van der Waals surface area contributed by atoms with Gasteiger partial charge >= 0.3 is 0 Å². The second kappa shape index (κ2) is 4.94. The molecule has 1 atom stereocenters. The van der Waals surface area contributed by atoms with Gasteiger partial charge < -0.3 is 4.74 Å². The second-order valence-corrected chi connectivity index (χ2v) is 4.57. The fourth-order valence-corrected chi connectivity index (χ4v) is 2.40. The van der Waals surface area contributed by atoms with E-state index in [1.807, 2.05) is 24.3 Å². The topological polar surface area (TPSA) is 26.3 Å². The van der Waals surface area contributed by atoms with E-state index in [1.165, 1.54) is 18.2 Å². The van der Waals surface area contributed by atoms with Crippen LogP contribution in [0.1, 0.15) is 27.6 Å². The third-order valence-electron chi connectivity index (χ3n) is 3.34. The molecule has 19 heavy (non-hydrogen) atoms. The van der Waals surface area contributed by atoms with E-state index in [0.29, 0.717) is 12.2 Å². The number of ether oxygens (including phenoxy) is 1. The van der Waals surface area contributed by atoms with Crippen LogP contribution in [0.5, 0.6) is 0 Å². The van der Waals surface area contributed by atoms with Gasteiger partial charge in [0.05, 0.1) is 6.61 Å². The van der Waals surface area contributed by atoms with Gasteiger partial charge in [0.25, 0.3) is 0 Å². The Kier molecular flexibility index (Phi) is 3.13. The van der Waals surface area contributed by atoms with Crippen molar-refractivity contribution in [3.05, 3.63) is 71.0 Å². The van der Waals surface area contributed by atoms with Crippen LogP contribution in [-0.4, -0.2) is 12.4 Å². The van der Waals surface area contributed by atoms with Gasteiger partial charge in [0.2, 0.25) is 0 Å². The number of hydrogen-bond donors (Lipinski definition) is 0. The molecule has 0 aliphatic carbocycles. The number of carbonyl (C=O) groups is 1. The van der Waals surface area contributed by atoms with Gasteiger partial charge in [-0.25, -0.2) is 4.39 Å². The molecule has 0 bridgehead atoms. The molecule has 1 unspecified atom stereocenters. The molecule has 1 aliphatic heterocycles. The zero-order valence-corrected chi connectivity index (χ0v) is 10.3. The molecule has 0 amide bonds. The molecule has 0 spiro atoms. The van der Waals surface area contributed by atoms with Crippen molar-refractivity contribution in [3.8, 4) is 0 Å². The Labute approximate surface area is 110 Å². The normalized spacial score (nSPS) is 17.8. The summed E-state index contributed by atoms with van der Waals surface area (Å²) in [7, 11) is 0. The first-order valence-electron chi connectivity index (χ1n) is 6.25. The number of ketones is 1. The van der Waals surface area contributed by atoms with E-state index < -0.39 is 11.9 Å². The predicted molar refractivity (Wildman–Crippen MR) is 69.6 cm³/mol. The minimum atomic E-state index is -0.619. The summed E-state index contributed by atoms with van der Waals surface area (Å²) >= 11 is 0. The van der Waals surface area contributed by atoms with Crippen LogP contribution in [0.25, 0.3) is 0 Å². The second-order valence-electron chi connectivity index (χ2n) is 4.57. The molecular weight excluding hydrogens is 243 g/mol. The molecule has 1 heterocycles. The average Bonchev–Trinajstić information content (AvgIpc) is 2.46. The van der Waals surface area contributed by atoms with Crippen LogP contribution in [0.2, 0.25) is 0 Å². The highest BCUT2D eigenvalue weighted by Gasteiger charge is 2.28. The van der Waals surface area contributed by atoms with Crippen molar-refractivity contribution in [3.63, 3.8) is 0 Å². The van der Waals surface area contributed by atoms with Crippen molar-refractivity contribution in [2.24, 2.45) is 0 Å². The molecule has 0 fully saturated rings. The fourth-order valence-electron chi connectivity index (χ4n) is 2.40. The van der Waals surface area contributed by atoms with Gasteiger partial charge in [-0.3, -0.25) is 4.79 Å². The van der Waals surface area contributed by atoms with Crippen LogP contribution in [-0.2, 0) is 11.2 Å². The lowest BCUT2D eigenvalue weighted by Crippen LogP contribution is -2.23. The maximum Gasteiger partial charge on any atom is 0.196 e. The van der Waals surface area contributed by atoms with Crippen LogP contribution in [0.15, 0.2) is 48.5 Å². The van der Waals surface area contributed by atoms with Crippen molar-refractivity contribution in [1.82, 2.24) is 0 Å². The first kappa shape index (κ1) is 12.1. The zero-order chi connectivity index (χ0) is 13.2. The number of hydrogen-bond acceptors (Lipinski definition) is 2. The van der Waals surface area contributed by atoms with E-state index >= 15 is 0 Å². The van der Waals surface area contributed by atoms with E-state index in [-0.39, 0.29) is 5.78 Å². The van der Waals surface area contributed by atoms with E-state index in [0.717, 1.165) is 17.5 Å². The molecule has 96 valence electrons. The lowest BCUT2D eigenvalue weighted by molar-refractivity contribution is 0.0348. The summed E-state index contributed by atoms with van der Waals surface area (Å²) in [6, 6.07) is 13.5. The first-order chi connectivity index (χ1) is 9.25. The Bertz CT molecular complexity index is 622. The number of halogens is 1. The quantitative estimate of drug-likeness (QED) is 0.770. The summed E-state index contributed by atoms with van der Waals surface area (Å²) in [5, 5.41) is 0. The monoisotopic (exact) mass is 256 g/mol. The Hall–Kier alpha value is -2.00. The Morgan fingerprint density at radius 3 is 2.84 bits per heavy atom. The summed E-state index contributed by atoms with van der Waals surface area (Å²) < 4.78 is 18.8. The van der Waals surface area contributed by atoms with Crippen molar-refractivity contribution in [1.29, 1.82) is 0 Å². The van der Waals surface area contributed by atoms with Gasteiger partial charge in [-0.1, -0.05) is 36.4 Å². The van der Waals surface area contributed by atoms with Crippen LogP contribution in [0.4, 0.5) is 4.39 Å². The lowest BCUT2D eigenvalue weighted by atomic mass is 9.92. The van der Waals surface area contributed by atoms with Crippen molar-refractivity contribution >= 4 is 5.78 Å². The zero-order valence-electron chi connectivity index (χ0n) is 10.3. The molecule has 0 saturated carbocycles. The van der Waals surface area contributed by atoms with Crippen LogP contribution in [0.3, 0.4) is 0 Å². The summed E-state index contributed by atoms with van der Waals surface area (Å²) in [6.07, 6.45) is 0.190. The van der Waals surface area contributed by atoms with Gasteiger partial charge in [0.15, 0.2) is 5.78 Å². The Balaban J connectivity index is 1.98. The minimum Gasteiger partial charge on any atom is -0.365 e. The minimum absolute atomic E-state index is 0.188. The molecule has 3 rings (SSSR count). The molecule has 0 radical (unpaired) electrons. The van der Waals surface area contributed by atoms with Crippen molar-refractivity contribution in [2.45, 2.75) is 12.5 Å². The number of Topliss-reactive ketones (excluding diaryl/α,β-unsaturated/α-hetero) is 1. The SMILES string of the molecule is O=C(c1cccc(F)c1)C1OCCc2ccccc21. The van der Waals surface area contributed by atoms with Gasteiger partial charge in [0.1, 0.15) is 11.9 Å². The van der Waals surface area contributed by atoms with Gasteiger partial charge in [-0.15, -0.1) is 0 Å². The molecule has 2 nitrogen and oxygen atoms in total. The van der Waals surface area contributed by atoms with Gasteiger partial charge in [0, 0.05) is 5.56 Å². The molecular formula is C16H13FO2. The van der Waals surface area contributed by atoms with Crippen LogP contribution < -0.4 is 0 Å². The standard InChI is InChI=1S/C16H13FO2/c17-13-6-3-5-12(10-13)15(18)16-14-7-2-1-4-11(14)8-9-19-16/h1-7,10,16H,8-9H2. The number of fused-ring (bicyclic) bond motifs is 1. The smallest absolute Gasteiger partial charge is 0.196 e. The molecule has 3 heteroatoms. The predicted octanol–water partition coefficient (Wildman–Crippen LogP) is 3.32. The molecule has 0 aromatic heterocycles. The fraction of sp³-hybridized carbons (Fsp3) is 0.188. The first-order valence-corrected chi connectivity index (χ1v) is 6.25. The van der Waals surface area contributed by atoms with E-state index in [1.54, 1.807) is 6.07 Å². The Morgan fingerprint density at radius 1 is 1.16 bits per heavy atom. The van der Waals surface area contributed by atoms with E-state index in [4.69, 9.17) is 4.74 Å². The Morgan fingerprint density at radius 2 is 2.00 bits per heavy atom. The third kappa shape index (κ3) is 2.29. The van der Waals surface area contributed by atoms with E-state index in [2.05, 4.69) is 0 Å². The summed E-state index contributed by atoms with van der Waals surface area (Å²) in [5.41, 5.74) is 2.37. The molecule has 0 N–H and O–H groups in total. The molecule has 1 aliphatic rings. The maximum absolute atomic E-state index is 13.2. The van der Waals surface area contributed by atoms with Gasteiger partial charge in [-0.05, 0) is 29.7 Å². The van der Waals surface area contributed by atoms with Crippen LogP contribution >= 0.6 is 0 Å². The molecule has 0 saturated heterocycles. The van der Waals surface area contributed by atoms with Crippen molar-refractivity contribution < 1.29 is 13.9 Å².